The Bertz CT molecular complexity index is 486. The summed E-state index contributed by atoms with van der Waals surface area (Å²) < 4.78 is 4.56. The van der Waals surface area contributed by atoms with E-state index in [4.69, 9.17) is 0 Å². The van der Waals surface area contributed by atoms with Crippen LogP contribution in [0.4, 0.5) is 5.69 Å². The van der Waals surface area contributed by atoms with Crippen LogP contribution >= 0.6 is 0 Å². The Kier molecular flexibility index (Phi) is 4.52. The predicted molar refractivity (Wildman–Crippen MR) is 72.0 cm³/mol. The molecular formula is C14H18N2O3. The summed E-state index contributed by atoms with van der Waals surface area (Å²) in [6.07, 6.45) is 1.74. The molecule has 2 rings (SSSR count). The smallest absolute Gasteiger partial charge is 0.306 e. The van der Waals surface area contributed by atoms with Crippen molar-refractivity contribution in [3.05, 3.63) is 29.3 Å². The SMILES string of the molecule is COC(=O)CCNCCc1ccc2c(c1)CC(=O)N2. The van der Waals surface area contributed by atoms with E-state index in [1.807, 2.05) is 12.1 Å². The van der Waals surface area contributed by atoms with Gasteiger partial charge >= 0.3 is 5.97 Å². The van der Waals surface area contributed by atoms with Crippen LogP contribution in [0.2, 0.25) is 0 Å². The highest BCUT2D eigenvalue weighted by atomic mass is 16.5. The second-order valence-corrected chi connectivity index (χ2v) is 4.54. The number of ether oxygens (including phenoxy) is 1. The molecule has 102 valence electrons. The lowest BCUT2D eigenvalue weighted by Gasteiger charge is -2.06. The minimum absolute atomic E-state index is 0.0587. The molecule has 0 unspecified atom stereocenters. The summed E-state index contributed by atoms with van der Waals surface area (Å²) in [7, 11) is 1.39. The number of carbonyl (C=O) groups excluding carboxylic acids is 2. The Morgan fingerprint density at radius 1 is 1.42 bits per heavy atom. The third-order valence-electron chi connectivity index (χ3n) is 3.12. The second kappa shape index (κ2) is 6.33. The first-order chi connectivity index (χ1) is 9.19. The summed E-state index contributed by atoms with van der Waals surface area (Å²) in [6, 6.07) is 6.03. The zero-order valence-electron chi connectivity index (χ0n) is 11.0. The predicted octanol–water partition coefficient (Wildman–Crippen LogP) is 0.876. The van der Waals surface area contributed by atoms with Gasteiger partial charge in [0.15, 0.2) is 0 Å². The standard InChI is InChI=1S/C14H18N2O3/c1-19-14(18)5-7-15-6-4-10-2-3-12-11(8-10)9-13(17)16-12/h2-3,8,15H,4-7,9H2,1H3,(H,16,17). The van der Waals surface area contributed by atoms with Crippen LogP contribution in [0.1, 0.15) is 17.5 Å². The number of fused-ring (bicyclic) bond motifs is 1. The number of rotatable bonds is 6. The molecule has 1 aliphatic rings. The van der Waals surface area contributed by atoms with Crippen molar-refractivity contribution in [1.82, 2.24) is 5.32 Å². The molecule has 0 bridgehead atoms. The zero-order valence-corrected chi connectivity index (χ0v) is 11.0. The Labute approximate surface area is 112 Å². The van der Waals surface area contributed by atoms with Crippen molar-refractivity contribution in [1.29, 1.82) is 0 Å². The second-order valence-electron chi connectivity index (χ2n) is 4.54. The minimum Gasteiger partial charge on any atom is -0.469 e. The molecule has 0 radical (unpaired) electrons. The molecule has 0 spiro atoms. The Morgan fingerprint density at radius 2 is 2.26 bits per heavy atom. The van der Waals surface area contributed by atoms with Crippen LogP contribution in [-0.2, 0) is 27.2 Å². The molecule has 0 saturated carbocycles. The molecule has 0 aliphatic carbocycles. The summed E-state index contributed by atoms with van der Waals surface area (Å²) in [6.45, 7) is 1.43. The van der Waals surface area contributed by atoms with Crippen molar-refractivity contribution >= 4 is 17.6 Å². The third-order valence-corrected chi connectivity index (χ3v) is 3.12. The van der Waals surface area contributed by atoms with Gasteiger partial charge in [0.25, 0.3) is 0 Å². The van der Waals surface area contributed by atoms with Crippen molar-refractivity contribution in [3.63, 3.8) is 0 Å². The molecule has 5 nitrogen and oxygen atoms in total. The summed E-state index contributed by atoms with van der Waals surface area (Å²) >= 11 is 0. The molecule has 0 aromatic heterocycles. The quantitative estimate of drug-likeness (QED) is 0.590. The van der Waals surface area contributed by atoms with E-state index in [-0.39, 0.29) is 11.9 Å². The monoisotopic (exact) mass is 262 g/mol. The number of anilines is 1. The van der Waals surface area contributed by atoms with Gasteiger partial charge in [-0.15, -0.1) is 0 Å². The van der Waals surface area contributed by atoms with Crippen molar-refractivity contribution in [2.45, 2.75) is 19.3 Å². The maximum atomic E-state index is 11.2. The van der Waals surface area contributed by atoms with Gasteiger partial charge in [-0.3, -0.25) is 9.59 Å². The number of carbonyl (C=O) groups is 2. The molecule has 5 heteroatoms. The van der Waals surface area contributed by atoms with Gasteiger partial charge in [-0.1, -0.05) is 12.1 Å². The van der Waals surface area contributed by atoms with Gasteiger partial charge < -0.3 is 15.4 Å². The van der Waals surface area contributed by atoms with Crippen LogP contribution in [0.15, 0.2) is 18.2 Å². The molecule has 0 saturated heterocycles. The topological polar surface area (TPSA) is 67.4 Å². The number of esters is 1. The van der Waals surface area contributed by atoms with Gasteiger partial charge in [0.1, 0.15) is 0 Å². The summed E-state index contributed by atoms with van der Waals surface area (Å²) in [5.41, 5.74) is 3.19. The van der Waals surface area contributed by atoms with Crippen LogP contribution in [0.25, 0.3) is 0 Å². The van der Waals surface area contributed by atoms with Crippen molar-refractivity contribution in [2.75, 3.05) is 25.5 Å². The number of amides is 1. The summed E-state index contributed by atoms with van der Waals surface area (Å²) in [4.78, 5) is 22.1. The van der Waals surface area contributed by atoms with E-state index in [9.17, 15) is 9.59 Å². The fourth-order valence-electron chi connectivity index (χ4n) is 2.09. The van der Waals surface area contributed by atoms with Crippen LogP contribution in [0, 0.1) is 0 Å². The molecule has 0 atom stereocenters. The molecule has 1 aliphatic heterocycles. The first-order valence-electron chi connectivity index (χ1n) is 6.38. The van der Waals surface area contributed by atoms with E-state index in [1.54, 1.807) is 0 Å². The number of hydrogen-bond donors (Lipinski definition) is 2. The van der Waals surface area contributed by atoms with Crippen LogP contribution in [0.5, 0.6) is 0 Å². The highest BCUT2D eigenvalue weighted by Gasteiger charge is 2.17. The average molecular weight is 262 g/mol. The van der Waals surface area contributed by atoms with Crippen LogP contribution in [0.3, 0.4) is 0 Å². The molecule has 1 heterocycles. The van der Waals surface area contributed by atoms with Gasteiger partial charge in [-0.2, -0.15) is 0 Å². The van der Waals surface area contributed by atoms with E-state index in [0.29, 0.717) is 19.4 Å². The first kappa shape index (κ1) is 13.5. The fraction of sp³-hybridized carbons (Fsp3) is 0.429. The van der Waals surface area contributed by atoms with E-state index < -0.39 is 0 Å². The molecule has 1 aromatic carbocycles. The number of benzene rings is 1. The fourth-order valence-corrected chi connectivity index (χ4v) is 2.09. The van der Waals surface area contributed by atoms with Gasteiger partial charge in [0.05, 0.1) is 20.0 Å². The highest BCUT2D eigenvalue weighted by Crippen LogP contribution is 2.23. The zero-order chi connectivity index (χ0) is 13.7. The third kappa shape index (κ3) is 3.79. The summed E-state index contributed by atoms with van der Waals surface area (Å²) in [5, 5.41) is 6.01. The van der Waals surface area contributed by atoms with Crippen LogP contribution < -0.4 is 10.6 Å². The lowest BCUT2D eigenvalue weighted by Crippen LogP contribution is -2.21. The van der Waals surface area contributed by atoms with E-state index in [0.717, 1.165) is 24.2 Å². The Balaban J connectivity index is 1.74. The lowest BCUT2D eigenvalue weighted by molar-refractivity contribution is -0.140. The van der Waals surface area contributed by atoms with Gasteiger partial charge in [-0.05, 0) is 30.2 Å². The van der Waals surface area contributed by atoms with Crippen molar-refractivity contribution in [2.24, 2.45) is 0 Å². The van der Waals surface area contributed by atoms with E-state index in [2.05, 4.69) is 21.4 Å². The average Bonchev–Trinajstić information content (AvgIpc) is 2.77. The number of hydrogen-bond acceptors (Lipinski definition) is 4. The summed E-state index contributed by atoms with van der Waals surface area (Å²) in [5.74, 6) is -0.141. The Hall–Kier alpha value is -1.88. The normalized spacial score (nSPS) is 13.0. The number of methoxy groups -OCH3 is 1. The molecule has 0 fully saturated rings. The maximum Gasteiger partial charge on any atom is 0.306 e. The Morgan fingerprint density at radius 3 is 3.05 bits per heavy atom. The minimum atomic E-state index is -0.199. The molecular weight excluding hydrogens is 244 g/mol. The van der Waals surface area contributed by atoms with E-state index >= 15 is 0 Å². The van der Waals surface area contributed by atoms with Gasteiger partial charge in [0.2, 0.25) is 5.91 Å². The molecule has 1 amide bonds. The van der Waals surface area contributed by atoms with Crippen molar-refractivity contribution < 1.29 is 14.3 Å². The van der Waals surface area contributed by atoms with Gasteiger partial charge in [0, 0.05) is 12.2 Å². The van der Waals surface area contributed by atoms with Gasteiger partial charge in [-0.25, -0.2) is 0 Å². The first-order valence-corrected chi connectivity index (χ1v) is 6.38. The van der Waals surface area contributed by atoms with Crippen LogP contribution in [-0.4, -0.2) is 32.1 Å². The lowest BCUT2D eigenvalue weighted by atomic mass is 10.1. The maximum absolute atomic E-state index is 11.2. The molecule has 2 N–H and O–H groups in total. The van der Waals surface area contributed by atoms with Crippen molar-refractivity contribution in [3.8, 4) is 0 Å². The molecule has 1 aromatic rings. The molecule has 19 heavy (non-hydrogen) atoms. The largest absolute Gasteiger partial charge is 0.469 e. The van der Waals surface area contributed by atoms with E-state index in [1.165, 1.54) is 12.7 Å². The number of nitrogens with one attached hydrogen (secondary N) is 2. The highest BCUT2D eigenvalue weighted by molar-refractivity contribution is 5.99.